The van der Waals surface area contributed by atoms with Gasteiger partial charge in [-0.2, -0.15) is 0 Å². The van der Waals surface area contributed by atoms with Crippen LogP contribution in [0.4, 0.5) is 4.79 Å². The van der Waals surface area contributed by atoms with Crippen molar-refractivity contribution in [3.8, 4) is 0 Å². The predicted molar refractivity (Wildman–Crippen MR) is 72.2 cm³/mol. The van der Waals surface area contributed by atoms with Crippen LogP contribution < -0.4 is 5.32 Å². The molecule has 0 atom stereocenters. The summed E-state index contributed by atoms with van der Waals surface area (Å²) >= 11 is 2.24. The van der Waals surface area contributed by atoms with Crippen LogP contribution in [0.5, 0.6) is 0 Å². The Balaban J connectivity index is 2.40. The van der Waals surface area contributed by atoms with Gasteiger partial charge in [0.1, 0.15) is 6.61 Å². The molecule has 0 aromatic heterocycles. The van der Waals surface area contributed by atoms with Gasteiger partial charge in [-0.05, 0) is 61.1 Å². The number of carbonyl (C=O) groups excluding carboxylic acids is 1. The molecule has 0 radical (unpaired) electrons. The van der Waals surface area contributed by atoms with Crippen LogP contribution in [0.3, 0.4) is 0 Å². The molecule has 0 fully saturated rings. The Bertz CT molecular complexity index is 354. The third-order valence-corrected chi connectivity index (χ3v) is 2.48. The van der Waals surface area contributed by atoms with E-state index in [4.69, 9.17) is 4.74 Å². The van der Waals surface area contributed by atoms with Crippen molar-refractivity contribution in [2.45, 2.75) is 32.9 Å². The highest BCUT2D eigenvalue weighted by atomic mass is 127. The van der Waals surface area contributed by atoms with E-state index in [2.05, 4.69) is 27.9 Å². The number of rotatable bonds is 2. The van der Waals surface area contributed by atoms with Crippen LogP contribution in [-0.2, 0) is 11.3 Å². The van der Waals surface area contributed by atoms with Crippen LogP contribution in [0.1, 0.15) is 26.3 Å². The van der Waals surface area contributed by atoms with Gasteiger partial charge in [0, 0.05) is 9.11 Å². The molecule has 1 N–H and O–H groups in total. The topological polar surface area (TPSA) is 38.3 Å². The van der Waals surface area contributed by atoms with Gasteiger partial charge >= 0.3 is 6.09 Å². The maximum atomic E-state index is 11.4. The Labute approximate surface area is 110 Å². The van der Waals surface area contributed by atoms with E-state index in [0.717, 1.165) is 5.56 Å². The largest absolute Gasteiger partial charge is 0.445 e. The fraction of sp³-hybridized carbons (Fsp3) is 0.417. The maximum Gasteiger partial charge on any atom is 0.407 e. The minimum absolute atomic E-state index is 0.261. The Morgan fingerprint density at radius 2 is 1.88 bits per heavy atom. The lowest BCUT2D eigenvalue weighted by Gasteiger charge is -2.19. The Morgan fingerprint density at radius 1 is 1.31 bits per heavy atom. The van der Waals surface area contributed by atoms with Gasteiger partial charge in [0.15, 0.2) is 0 Å². The number of benzene rings is 1. The first-order chi connectivity index (χ1) is 7.37. The molecular weight excluding hydrogens is 317 g/mol. The molecule has 16 heavy (non-hydrogen) atoms. The first-order valence-corrected chi connectivity index (χ1v) is 6.14. The highest BCUT2D eigenvalue weighted by Crippen LogP contribution is 2.08. The molecule has 3 nitrogen and oxygen atoms in total. The monoisotopic (exact) mass is 333 g/mol. The van der Waals surface area contributed by atoms with Crippen LogP contribution >= 0.6 is 22.6 Å². The summed E-state index contributed by atoms with van der Waals surface area (Å²) in [6, 6.07) is 7.88. The molecule has 0 heterocycles. The molecule has 1 aromatic carbocycles. The zero-order valence-corrected chi connectivity index (χ0v) is 11.9. The van der Waals surface area contributed by atoms with Crippen LogP contribution in [0, 0.1) is 3.57 Å². The Hall–Kier alpha value is -0.780. The molecule has 1 amide bonds. The minimum Gasteiger partial charge on any atom is -0.445 e. The summed E-state index contributed by atoms with van der Waals surface area (Å²) in [4.78, 5) is 11.4. The summed E-state index contributed by atoms with van der Waals surface area (Å²) in [6.07, 6.45) is -0.383. The maximum absolute atomic E-state index is 11.4. The van der Waals surface area contributed by atoms with E-state index in [1.54, 1.807) is 0 Å². The SMILES string of the molecule is CC(C)(C)NC(=O)OCc1ccc(I)cc1. The number of nitrogens with one attached hydrogen (secondary N) is 1. The van der Waals surface area contributed by atoms with E-state index in [1.807, 2.05) is 45.0 Å². The van der Waals surface area contributed by atoms with Crippen molar-refractivity contribution in [3.05, 3.63) is 33.4 Å². The number of halogens is 1. The van der Waals surface area contributed by atoms with Crippen LogP contribution in [0.15, 0.2) is 24.3 Å². The van der Waals surface area contributed by atoms with Gasteiger partial charge in [-0.15, -0.1) is 0 Å². The highest BCUT2D eigenvalue weighted by Gasteiger charge is 2.14. The predicted octanol–water partition coefficient (Wildman–Crippen LogP) is 3.32. The van der Waals surface area contributed by atoms with E-state index < -0.39 is 0 Å². The normalized spacial score (nSPS) is 11.0. The molecule has 0 bridgehead atoms. The third-order valence-electron chi connectivity index (χ3n) is 1.76. The van der Waals surface area contributed by atoms with Crippen molar-refractivity contribution in [3.63, 3.8) is 0 Å². The van der Waals surface area contributed by atoms with E-state index >= 15 is 0 Å². The first-order valence-electron chi connectivity index (χ1n) is 5.06. The summed E-state index contributed by atoms with van der Waals surface area (Å²) in [6.45, 7) is 6.05. The Morgan fingerprint density at radius 3 is 2.38 bits per heavy atom. The number of alkyl carbamates (subject to hydrolysis) is 1. The fourth-order valence-corrected chi connectivity index (χ4v) is 1.43. The minimum atomic E-state index is -0.383. The zero-order chi connectivity index (χ0) is 12.2. The van der Waals surface area contributed by atoms with Gasteiger partial charge in [-0.25, -0.2) is 4.79 Å². The summed E-state index contributed by atoms with van der Waals surface area (Å²) in [5, 5.41) is 2.74. The van der Waals surface area contributed by atoms with E-state index in [9.17, 15) is 4.79 Å². The molecule has 1 aromatic rings. The molecule has 4 heteroatoms. The molecule has 0 unspecified atom stereocenters. The summed E-state index contributed by atoms with van der Waals surface area (Å²) in [7, 11) is 0. The highest BCUT2D eigenvalue weighted by molar-refractivity contribution is 14.1. The van der Waals surface area contributed by atoms with Crippen molar-refractivity contribution >= 4 is 28.7 Å². The van der Waals surface area contributed by atoms with Crippen molar-refractivity contribution in [2.24, 2.45) is 0 Å². The summed E-state index contributed by atoms with van der Waals surface area (Å²) in [5.74, 6) is 0. The van der Waals surface area contributed by atoms with Crippen LogP contribution in [-0.4, -0.2) is 11.6 Å². The molecule has 0 aliphatic rings. The quantitative estimate of drug-likeness (QED) is 0.844. The standard InChI is InChI=1S/C12H16INO2/c1-12(2,3)14-11(15)16-8-9-4-6-10(13)7-5-9/h4-7H,8H2,1-3H3,(H,14,15). The molecule has 1 rings (SSSR count). The fourth-order valence-electron chi connectivity index (χ4n) is 1.07. The molecule has 0 saturated carbocycles. The van der Waals surface area contributed by atoms with Gasteiger partial charge in [-0.1, -0.05) is 12.1 Å². The zero-order valence-electron chi connectivity index (χ0n) is 9.71. The van der Waals surface area contributed by atoms with Gasteiger partial charge in [0.25, 0.3) is 0 Å². The van der Waals surface area contributed by atoms with E-state index in [0.29, 0.717) is 6.61 Å². The van der Waals surface area contributed by atoms with Crippen molar-refractivity contribution in [2.75, 3.05) is 0 Å². The second-order valence-electron chi connectivity index (χ2n) is 4.58. The molecular formula is C12H16INO2. The second-order valence-corrected chi connectivity index (χ2v) is 5.82. The van der Waals surface area contributed by atoms with E-state index in [1.165, 1.54) is 3.57 Å². The average Bonchev–Trinajstić information content (AvgIpc) is 2.14. The lowest BCUT2D eigenvalue weighted by atomic mass is 10.1. The molecule has 0 spiro atoms. The van der Waals surface area contributed by atoms with Gasteiger partial charge in [0.05, 0.1) is 0 Å². The molecule has 88 valence electrons. The summed E-state index contributed by atoms with van der Waals surface area (Å²) < 4.78 is 6.26. The second kappa shape index (κ2) is 5.52. The average molecular weight is 333 g/mol. The number of ether oxygens (including phenoxy) is 1. The van der Waals surface area contributed by atoms with Crippen LogP contribution in [0.2, 0.25) is 0 Å². The van der Waals surface area contributed by atoms with E-state index in [-0.39, 0.29) is 11.6 Å². The molecule has 0 aliphatic heterocycles. The Kier molecular flexibility index (Phi) is 4.58. The smallest absolute Gasteiger partial charge is 0.407 e. The summed E-state index contributed by atoms with van der Waals surface area (Å²) in [5.41, 5.74) is 0.729. The lowest BCUT2D eigenvalue weighted by Crippen LogP contribution is -2.40. The first kappa shape index (κ1) is 13.3. The van der Waals surface area contributed by atoms with Crippen molar-refractivity contribution in [1.29, 1.82) is 0 Å². The molecule has 0 saturated heterocycles. The molecule has 0 aliphatic carbocycles. The third kappa shape index (κ3) is 5.34. The number of carbonyl (C=O) groups is 1. The van der Waals surface area contributed by atoms with Crippen LogP contribution in [0.25, 0.3) is 0 Å². The van der Waals surface area contributed by atoms with Gasteiger partial charge < -0.3 is 10.1 Å². The van der Waals surface area contributed by atoms with Crippen molar-refractivity contribution < 1.29 is 9.53 Å². The number of amides is 1. The lowest BCUT2D eigenvalue weighted by molar-refractivity contribution is 0.131. The number of hydrogen-bond donors (Lipinski definition) is 1. The van der Waals surface area contributed by atoms with Gasteiger partial charge in [-0.3, -0.25) is 0 Å². The number of hydrogen-bond acceptors (Lipinski definition) is 2. The van der Waals surface area contributed by atoms with Crippen molar-refractivity contribution in [1.82, 2.24) is 5.32 Å². The van der Waals surface area contributed by atoms with Gasteiger partial charge in [0.2, 0.25) is 0 Å².